The Morgan fingerprint density at radius 1 is 1.77 bits per heavy atom. The SMILES string of the molecule is CCOC(=O)C1(O)CCN(C)C1=O. The summed E-state index contributed by atoms with van der Waals surface area (Å²) in [7, 11) is 1.54. The standard InChI is InChI=1S/C8H13NO4/c1-3-13-7(11)8(12)4-5-9(2)6(8)10/h12H,3-5H2,1-2H3. The van der Waals surface area contributed by atoms with E-state index < -0.39 is 17.5 Å². The van der Waals surface area contributed by atoms with Crippen molar-refractivity contribution in [2.45, 2.75) is 18.9 Å². The van der Waals surface area contributed by atoms with Crippen LogP contribution < -0.4 is 0 Å². The van der Waals surface area contributed by atoms with Crippen molar-refractivity contribution in [1.29, 1.82) is 0 Å². The Bertz CT molecular complexity index is 240. The Morgan fingerprint density at radius 2 is 2.38 bits per heavy atom. The molecular weight excluding hydrogens is 174 g/mol. The Labute approximate surface area is 76.3 Å². The first-order valence-electron chi connectivity index (χ1n) is 4.17. The van der Waals surface area contributed by atoms with E-state index in [9.17, 15) is 14.7 Å². The van der Waals surface area contributed by atoms with Crippen LogP contribution in [0, 0.1) is 0 Å². The lowest BCUT2D eigenvalue weighted by Crippen LogP contribution is -2.47. The minimum atomic E-state index is -1.94. The smallest absolute Gasteiger partial charge is 0.348 e. The van der Waals surface area contributed by atoms with Gasteiger partial charge in [-0.2, -0.15) is 0 Å². The Hall–Kier alpha value is -1.10. The quantitative estimate of drug-likeness (QED) is 0.451. The molecule has 1 unspecified atom stereocenters. The first-order valence-corrected chi connectivity index (χ1v) is 4.17. The molecule has 1 N–H and O–H groups in total. The van der Waals surface area contributed by atoms with Gasteiger partial charge in [0.2, 0.25) is 5.60 Å². The third-order valence-electron chi connectivity index (χ3n) is 2.12. The number of aliphatic hydroxyl groups is 1. The predicted molar refractivity (Wildman–Crippen MR) is 43.8 cm³/mol. The number of hydrogen-bond donors (Lipinski definition) is 1. The number of ether oxygens (including phenoxy) is 1. The molecule has 5 nitrogen and oxygen atoms in total. The van der Waals surface area contributed by atoms with E-state index in [2.05, 4.69) is 4.74 Å². The van der Waals surface area contributed by atoms with Crippen molar-refractivity contribution in [1.82, 2.24) is 4.90 Å². The average molecular weight is 187 g/mol. The van der Waals surface area contributed by atoms with Gasteiger partial charge in [-0.05, 0) is 6.92 Å². The molecule has 1 saturated heterocycles. The maximum absolute atomic E-state index is 11.3. The van der Waals surface area contributed by atoms with Gasteiger partial charge in [-0.3, -0.25) is 4.79 Å². The summed E-state index contributed by atoms with van der Waals surface area (Å²) in [6.45, 7) is 2.18. The van der Waals surface area contributed by atoms with Gasteiger partial charge < -0.3 is 14.7 Å². The van der Waals surface area contributed by atoms with E-state index in [0.29, 0.717) is 6.54 Å². The van der Waals surface area contributed by atoms with Crippen LogP contribution in [-0.2, 0) is 14.3 Å². The molecule has 0 saturated carbocycles. The topological polar surface area (TPSA) is 66.8 Å². The lowest BCUT2D eigenvalue weighted by atomic mass is 10.0. The largest absolute Gasteiger partial charge is 0.463 e. The van der Waals surface area contributed by atoms with Crippen LogP contribution in [0.25, 0.3) is 0 Å². The number of amides is 1. The Kier molecular flexibility index (Phi) is 2.56. The fourth-order valence-electron chi connectivity index (χ4n) is 1.29. The van der Waals surface area contributed by atoms with E-state index in [4.69, 9.17) is 0 Å². The lowest BCUT2D eigenvalue weighted by molar-refractivity contribution is -0.170. The first kappa shape index (κ1) is 9.98. The van der Waals surface area contributed by atoms with Crippen molar-refractivity contribution in [2.24, 2.45) is 0 Å². The van der Waals surface area contributed by atoms with Crippen LogP contribution in [0.4, 0.5) is 0 Å². The summed E-state index contributed by atoms with van der Waals surface area (Å²) in [5, 5.41) is 9.66. The highest BCUT2D eigenvalue weighted by atomic mass is 16.6. The van der Waals surface area contributed by atoms with Gasteiger partial charge in [0.25, 0.3) is 5.91 Å². The van der Waals surface area contributed by atoms with Gasteiger partial charge in [-0.15, -0.1) is 0 Å². The molecule has 0 aromatic rings. The summed E-state index contributed by atoms with van der Waals surface area (Å²) in [6, 6.07) is 0. The number of carbonyl (C=O) groups is 2. The molecule has 5 heteroatoms. The third-order valence-corrected chi connectivity index (χ3v) is 2.12. The minimum absolute atomic E-state index is 0.112. The number of likely N-dealkylation sites (tertiary alicyclic amines) is 1. The number of nitrogens with zero attached hydrogens (tertiary/aromatic N) is 1. The van der Waals surface area contributed by atoms with Crippen molar-refractivity contribution in [3.63, 3.8) is 0 Å². The molecular formula is C8H13NO4. The number of likely N-dealkylation sites (N-methyl/N-ethyl adjacent to an activating group) is 1. The Balaban J connectivity index is 2.77. The first-order chi connectivity index (χ1) is 6.02. The monoisotopic (exact) mass is 187 g/mol. The molecule has 0 aliphatic carbocycles. The van der Waals surface area contributed by atoms with E-state index in [-0.39, 0.29) is 13.0 Å². The van der Waals surface area contributed by atoms with Crippen LogP contribution in [0.2, 0.25) is 0 Å². The highest BCUT2D eigenvalue weighted by molar-refractivity contribution is 6.07. The third kappa shape index (κ3) is 1.51. The zero-order valence-electron chi connectivity index (χ0n) is 7.74. The van der Waals surface area contributed by atoms with Gasteiger partial charge in [-0.1, -0.05) is 0 Å². The molecule has 1 fully saturated rings. The van der Waals surface area contributed by atoms with E-state index in [1.54, 1.807) is 14.0 Å². The maximum Gasteiger partial charge on any atom is 0.348 e. The minimum Gasteiger partial charge on any atom is -0.463 e. The molecule has 1 atom stereocenters. The fourth-order valence-corrected chi connectivity index (χ4v) is 1.29. The molecule has 74 valence electrons. The normalized spacial score (nSPS) is 27.9. The summed E-state index contributed by atoms with van der Waals surface area (Å²) >= 11 is 0. The molecule has 0 bridgehead atoms. The van der Waals surface area contributed by atoms with Crippen molar-refractivity contribution in [2.75, 3.05) is 20.2 Å². The van der Waals surface area contributed by atoms with Crippen LogP contribution in [0.3, 0.4) is 0 Å². The van der Waals surface area contributed by atoms with Gasteiger partial charge in [0.1, 0.15) is 0 Å². The summed E-state index contributed by atoms with van der Waals surface area (Å²) in [5.74, 6) is -1.42. The second-order valence-electron chi connectivity index (χ2n) is 3.06. The molecule has 13 heavy (non-hydrogen) atoms. The molecule has 0 radical (unpaired) electrons. The van der Waals surface area contributed by atoms with Crippen LogP contribution in [-0.4, -0.2) is 47.7 Å². The second-order valence-corrected chi connectivity index (χ2v) is 3.06. The lowest BCUT2D eigenvalue weighted by Gasteiger charge is -2.17. The van der Waals surface area contributed by atoms with E-state index >= 15 is 0 Å². The zero-order chi connectivity index (χ0) is 10.1. The van der Waals surface area contributed by atoms with Crippen LogP contribution in [0.15, 0.2) is 0 Å². The zero-order valence-corrected chi connectivity index (χ0v) is 7.74. The van der Waals surface area contributed by atoms with E-state index in [1.807, 2.05) is 0 Å². The molecule has 1 heterocycles. The average Bonchev–Trinajstić information content (AvgIpc) is 2.35. The summed E-state index contributed by atoms with van der Waals surface area (Å²) < 4.78 is 4.61. The van der Waals surface area contributed by atoms with E-state index in [1.165, 1.54) is 4.90 Å². The summed E-state index contributed by atoms with van der Waals surface area (Å²) in [6.07, 6.45) is 0.112. The van der Waals surface area contributed by atoms with Crippen molar-refractivity contribution < 1.29 is 19.4 Å². The molecule has 1 amide bonds. The highest BCUT2D eigenvalue weighted by Crippen LogP contribution is 2.22. The fraction of sp³-hybridized carbons (Fsp3) is 0.750. The number of rotatable bonds is 2. The number of hydrogen-bond acceptors (Lipinski definition) is 4. The van der Waals surface area contributed by atoms with Crippen molar-refractivity contribution in [3.8, 4) is 0 Å². The summed E-state index contributed by atoms with van der Waals surface area (Å²) in [5.41, 5.74) is -1.94. The molecule has 0 aromatic heterocycles. The summed E-state index contributed by atoms with van der Waals surface area (Å²) in [4.78, 5) is 23.8. The molecule has 1 rings (SSSR count). The van der Waals surface area contributed by atoms with Crippen molar-refractivity contribution in [3.05, 3.63) is 0 Å². The molecule has 1 aliphatic rings. The predicted octanol–water partition coefficient (Wildman–Crippen LogP) is -0.857. The Morgan fingerprint density at radius 3 is 2.77 bits per heavy atom. The highest BCUT2D eigenvalue weighted by Gasteiger charge is 2.51. The van der Waals surface area contributed by atoms with Gasteiger partial charge >= 0.3 is 5.97 Å². The second kappa shape index (κ2) is 3.33. The van der Waals surface area contributed by atoms with Crippen LogP contribution in [0.1, 0.15) is 13.3 Å². The molecule has 0 aromatic carbocycles. The number of esters is 1. The number of carbonyl (C=O) groups excluding carboxylic acids is 2. The van der Waals surface area contributed by atoms with Crippen LogP contribution in [0.5, 0.6) is 0 Å². The van der Waals surface area contributed by atoms with Gasteiger partial charge in [-0.25, -0.2) is 4.79 Å². The maximum atomic E-state index is 11.3. The molecule has 1 aliphatic heterocycles. The van der Waals surface area contributed by atoms with E-state index in [0.717, 1.165) is 0 Å². The van der Waals surface area contributed by atoms with Gasteiger partial charge in [0.15, 0.2) is 0 Å². The molecule has 0 spiro atoms. The van der Waals surface area contributed by atoms with Crippen LogP contribution >= 0.6 is 0 Å². The van der Waals surface area contributed by atoms with Crippen molar-refractivity contribution >= 4 is 11.9 Å². The van der Waals surface area contributed by atoms with Gasteiger partial charge in [0.05, 0.1) is 6.61 Å². The van der Waals surface area contributed by atoms with Gasteiger partial charge in [0, 0.05) is 20.0 Å².